The molecule has 0 saturated heterocycles. The van der Waals surface area contributed by atoms with Crippen molar-refractivity contribution < 1.29 is 18.4 Å². The number of aromatic nitrogens is 1. The second-order valence-electron chi connectivity index (χ2n) is 5.48. The lowest BCUT2D eigenvalue weighted by molar-refractivity contribution is -0.139. The van der Waals surface area contributed by atoms with Gasteiger partial charge in [0.2, 0.25) is 0 Å². The molecule has 0 spiro atoms. The zero-order chi connectivity index (χ0) is 17.8. The summed E-state index contributed by atoms with van der Waals surface area (Å²) in [6.45, 7) is 3.85. The van der Waals surface area contributed by atoms with Gasteiger partial charge in [-0.3, -0.25) is 0 Å². The Hall–Kier alpha value is -2.73. The number of aryl methyl sites for hydroxylation is 1. The third-order valence-corrected chi connectivity index (χ3v) is 4.59. The average Bonchev–Trinajstić information content (AvgIpc) is 3.18. The van der Waals surface area contributed by atoms with E-state index in [0.29, 0.717) is 11.5 Å². The maximum atomic E-state index is 13.0. The molecular weight excluding hydrogens is 341 g/mol. The van der Waals surface area contributed by atoms with E-state index in [9.17, 15) is 9.18 Å². The zero-order valence-electron chi connectivity index (χ0n) is 13.8. The molecule has 3 aromatic rings. The molecule has 1 aromatic carbocycles. The van der Waals surface area contributed by atoms with Gasteiger partial charge in [-0.05, 0) is 56.3 Å². The lowest BCUT2D eigenvalue weighted by Crippen LogP contribution is -2.01. The van der Waals surface area contributed by atoms with Gasteiger partial charge in [-0.2, -0.15) is 0 Å². The number of benzene rings is 1. The van der Waals surface area contributed by atoms with E-state index < -0.39 is 5.97 Å². The van der Waals surface area contributed by atoms with Crippen LogP contribution in [-0.4, -0.2) is 11.1 Å². The molecule has 128 valence electrons. The molecule has 3 rings (SSSR count). The minimum atomic E-state index is -0.447. The number of nitrogens with zero attached hydrogens (tertiary/aromatic N) is 1. The Balaban J connectivity index is 1.63. The van der Waals surface area contributed by atoms with Gasteiger partial charge in [-0.1, -0.05) is 5.16 Å². The fourth-order valence-corrected chi connectivity index (χ4v) is 3.03. The summed E-state index contributed by atoms with van der Waals surface area (Å²) in [5.41, 5.74) is 2.02. The number of carbonyl (C=O) groups is 1. The highest BCUT2D eigenvalue weighted by Crippen LogP contribution is 2.26. The van der Waals surface area contributed by atoms with Crippen LogP contribution in [0.2, 0.25) is 0 Å². The summed E-state index contributed by atoms with van der Waals surface area (Å²) < 4.78 is 23.5. The molecule has 0 amide bonds. The van der Waals surface area contributed by atoms with Crippen LogP contribution in [0.3, 0.4) is 0 Å². The maximum absolute atomic E-state index is 13.0. The standard InChI is InChI=1S/C19H16FNO3S/c1-12-3-8-16(25-12)9-10-18(22)23-11-17-13(2)19(24-21-17)14-4-6-15(20)7-5-14/h3-10H,11H2,1-2H3/b10-9+. The summed E-state index contributed by atoms with van der Waals surface area (Å²) in [5.74, 6) is -0.227. The fraction of sp³-hybridized carbons (Fsp3) is 0.158. The Kier molecular flexibility index (Phi) is 5.09. The van der Waals surface area contributed by atoms with Gasteiger partial charge in [-0.25, -0.2) is 9.18 Å². The molecule has 6 heteroatoms. The predicted octanol–water partition coefficient (Wildman–Crippen LogP) is 4.92. The van der Waals surface area contributed by atoms with E-state index >= 15 is 0 Å². The molecule has 0 saturated carbocycles. The summed E-state index contributed by atoms with van der Waals surface area (Å²) in [4.78, 5) is 14.0. The number of thiophene rings is 1. The summed E-state index contributed by atoms with van der Waals surface area (Å²) in [5, 5.41) is 3.94. The molecule has 0 aliphatic heterocycles. The molecular formula is C19H16FNO3S. The first-order valence-electron chi connectivity index (χ1n) is 7.65. The van der Waals surface area contributed by atoms with Crippen LogP contribution in [0.1, 0.15) is 21.0 Å². The molecule has 0 aliphatic rings. The van der Waals surface area contributed by atoms with Gasteiger partial charge in [-0.15, -0.1) is 11.3 Å². The van der Waals surface area contributed by atoms with Crippen molar-refractivity contribution in [1.29, 1.82) is 0 Å². The Bertz CT molecular complexity index is 909. The van der Waals surface area contributed by atoms with Crippen LogP contribution in [-0.2, 0) is 16.1 Å². The number of hydrogen-bond acceptors (Lipinski definition) is 5. The van der Waals surface area contributed by atoms with E-state index in [1.54, 1.807) is 29.5 Å². The molecule has 0 aliphatic carbocycles. The topological polar surface area (TPSA) is 52.3 Å². The largest absolute Gasteiger partial charge is 0.456 e. The molecule has 2 heterocycles. The minimum absolute atomic E-state index is 0.0170. The average molecular weight is 357 g/mol. The molecule has 0 bridgehead atoms. The Morgan fingerprint density at radius 1 is 1.24 bits per heavy atom. The quantitative estimate of drug-likeness (QED) is 0.481. The first-order chi connectivity index (χ1) is 12.0. The third-order valence-electron chi connectivity index (χ3n) is 3.62. The van der Waals surface area contributed by atoms with E-state index in [2.05, 4.69) is 5.16 Å². The van der Waals surface area contributed by atoms with Crippen LogP contribution in [0.25, 0.3) is 17.4 Å². The van der Waals surface area contributed by atoms with Crippen LogP contribution in [0.5, 0.6) is 0 Å². The van der Waals surface area contributed by atoms with E-state index in [1.807, 2.05) is 26.0 Å². The van der Waals surface area contributed by atoms with Crippen LogP contribution >= 0.6 is 11.3 Å². The molecule has 4 nitrogen and oxygen atoms in total. The van der Waals surface area contributed by atoms with Gasteiger partial charge < -0.3 is 9.26 Å². The van der Waals surface area contributed by atoms with Crippen molar-refractivity contribution in [2.75, 3.05) is 0 Å². The van der Waals surface area contributed by atoms with Gasteiger partial charge in [0, 0.05) is 27.0 Å². The second-order valence-corrected chi connectivity index (χ2v) is 6.80. The van der Waals surface area contributed by atoms with Crippen LogP contribution in [0.15, 0.2) is 47.0 Å². The van der Waals surface area contributed by atoms with Crippen molar-refractivity contribution in [3.8, 4) is 11.3 Å². The molecule has 0 atom stereocenters. The number of esters is 1. The molecule has 2 aromatic heterocycles. The Morgan fingerprint density at radius 3 is 2.68 bits per heavy atom. The van der Waals surface area contributed by atoms with Crippen molar-refractivity contribution in [3.63, 3.8) is 0 Å². The highest BCUT2D eigenvalue weighted by atomic mass is 32.1. The van der Waals surface area contributed by atoms with Crippen molar-refractivity contribution in [2.24, 2.45) is 0 Å². The molecule has 0 N–H and O–H groups in total. The normalized spacial score (nSPS) is 11.2. The Morgan fingerprint density at radius 2 is 2.00 bits per heavy atom. The summed E-state index contributed by atoms with van der Waals surface area (Å²) in [6.07, 6.45) is 3.11. The van der Waals surface area contributed by atoms with Gasteiger partial charge in [0.25, 0.3) is 0 Å². The molecule has 0 radical (unpaired) electrons. The van der Waals surface area contributed by atoms with Crippen molar-refractivity contribution >= 4 is 23.4 Å². The minimum Gasteiger partial charge on any atom is -0.456 e. The van der Waals surface area contributed by atoms with Gasteiger partial charge in [0.05, 0.1) is 0 Å². The van der Waals surface area contributed by atoms with Crippen LogP contribution < -0.4 is 0 Å². The van der Waals surface area contributed by atoms with Gasteiger partial charge in [0.1, 0.15) is 18.1 Å². The number of rotatable bonds is 5. The fourth-order valence-electron chi connectivity index (χ4n) is 2.25. The first-order valence-corrected chi connectivity index (χ1v) is 8.47. The van der Waals surface area contributed by atoms with Crippen molar-refractivity contribution in [2.45, 2.75) is 20.5 Å². The highest BCUT2D eigenvalue weighted by Gasteiger charge is 2.15. The van der Waals surface area contributed by atoms with Crippen molar-refractivity contribution in [3.05, 3.63) is 69.3 Å². The van der Waals surface area contributed by atoms with Gasteiger partial charge in [0.15, 0.2) is 5.76 Å². The SMILES string of the molecule is Cc1ccc(/C=C/C(=O)OCc2noc(-c3ccc(F)cc3)c2C)s1. The molecule has 0 unspecified atom stereocenters. The lowest BCUT2D eigenvalue weighted by Gasteiger charge is -2.00. The maximum Gasteiger partial charge on any atom is 0.331 e. The van der Waals surface area contributed by atoms with E-state index in [0.717, 1.165) is 16.0 Å². The number of carbonyl (C=O) groups excluding carboxylic acids is 1. The van der Waals surface area contributed by atoms with Crippen LogP contribution in [0, 0.1) is 19.7 Å². The first kappa shape index (κ1) is 17.1. The summed E-state index contributed by atoms with van der Waals surface area (Å²) in [7, 11) is 0. The zero-order valence-corrected chi connectivity index (χ0v) is 14.6. The van der Waals surface area contributed by atoms with E-state index in [1.165, 1.54) is 23.1 Å². The summed E-state index contributed by atoms with van der Waals surface area (Å²) >= 11 is 1.60. The van der Waals surface area contributed by atoms with E-state index in [4.69, 9.17) is 9.26 Å². The highest BCUT2D eigenvalue weighted by molar-refractivity contribution is 7.12. The second kappa shape index (κ2) is 7.44. The lowest BCUT2D eigenvalue weighted by atomic mass is 10.1. The monoisotopic (exact) mass is 357 g/mol. The third kappa shape index (κ3) is 4.22. The van der Waals surface area contributed by atoms with Gasteiger partial charge >= 0.3 is 5.97 Å². The van der Waals surface area contributed by atoms with Crippen molar-refractivity contribution in [1.82, 2.24) is 5.16 Å². The van der Waals surface area contributed by atoms with E-state index in [-0.39, 0.29) is 12.4 Å². The number of halogens is 1. The van der Waals surface area contributed by atoms with Crippen LogP contribution in [0.4, 0.5) is 4.39 Å². The Labute approximate surface area is 148 Å². The number of hydrogen-bond donors (Lipinski definition) is 0. The number of ether oxygens (including phenoxy) is 1. The smallest absolute Gasteiger partial charge is 0.331 e. The predicted molar refractivity (Wildman–Crippen MR) is 94.5 cm³/mol. The summed E-state index contributed by atoms with van der Waals surface area (Å²) in [6, 6.07) is 9.88. The molecule has 25 heavy (non-hydrogen) atoms. The molecule has 0 fully saturated rings.